The molecule has 0 aromatic heterocycles. The summed E-state index contributed by atoms with van der Waals surface area (Å²) in [6.07, 6.45) is 0.680. The highest BCUT2D eigenvalue weighted by Gasteiger charge is 2.10. The van der Waals surface area contributed by atoms with E-state index in [0.29, 0.717) is 18.7 Å². The first kappa shape index (κ1) is 15.0. The normalized spacial score (nSPS) is 11.9. The lowest BCUT2D eigenvalue weighted by Gasteiger charge is -2.14. The van der Waals surface area contributed by atoms with Gasteiger partial charge in [-0.3, -0.25) is 4.79 Å². The van der Waals surface area contributed by atoms with Gasteiger partial charge in [-0.2, -0.15) is 0 Å². The number of carbonyl (C=O) groups excluding carboxylic acids is 1. The van der Waals surface area contributed by atoms with Gasteiger partial charge in [0.25, 0.3) is 5.91 Å². The molecule has 5 N–H and O–H groups in total. The quantitative estimate of drug-likeness (QED) is 0.763. The number of nitrogens with two attached hydrogens (primary N) is 2. The minimum Gasteiger partial charge on any atom is -0.384 e. The summed E-state index contributed by atoms with van der Waals surface area (Å²) < 4.78 is 13.1. The predicted molar refractivity (Wildman–Crippen MR) is 81.4 cm³/mol. The molecule has 0 aliphatic rings. The van der Waals surface area contributed by atoms with Crippen molar-refractivity contribution in [2.24, 2.45) is 11.5 Å². The maximum absolute atomic E-state index is 13.1. The molecular formula is C16H18FN3O. The van der Waals surface area contributed by atoms with Gasteiger partial charge in [-0.15, -0.1) is 0 Å². The molecule has 0 spiro atoms. The second-order valence-electron chi connectivity index (χ2n) is 4.79. The van der Waals surface area contributed by atoms with Crippen molar-refractivity contribution >= 4 is 11.6 Å². The molecule has 0 aliphatic carbocycles. The third-order valence-electron chi connectivity index (χ3n) is 3.25. The number of carbonyl (C=O) groups is 1. The molecule has 1 amide bonds. The molecule has 1 atom stereocenters. The zero-order chi connectivity index (χ0) is 15.2. The summed E-state index contributed by atoms with van der Waals surface area (Å²) in [7, 11) is 0. The monoisotopic (exact) mass is 287 g/mol. The standard InChI is InChI=1S/C16H18FN3O/c17-12-6-7-15(13(10-12)16(19)21)20-9-8-14(18)11-4-2-1-3-5-11/h1-7,10,14,20H,8-9,18H2,(H2,19,21). The van der Waals surface area contributed by atoms with Crippen LogP contribution in [0.3, 0.4) is 0 Å². The molecule has 1 unspecified atom stereocenters. The topological polar surface area (TPSA) is 81.1 Å². The van der Waals surface area contributed by atoms with Crippen LogP contribution in [-0.2, 0) is 0 Å². The van der Waals surface area contributed by atoms with Crippen LogP contribution in [0, 0.1) is 5.82 Å². The third kappa shape index (κ3) is 4.03. The molecule has 0 fully saturated rings. The second kappa shape index (κ2) is 6.85. The van der Waals surface area contributed by atoms with E-state index in [1.54, 1.807) is 0 Å². The Morgan fingerprint density at radius 3 is 2.57 bits per heavy atom. The van der Waals surface area contributed by atoms with Gasteiger partial charge < -0.3 is 16.8 Å². The SMILES string of the molecule is NC(=O)c1cc(F)ccc1NCCC(N)c1ccccc1. The Kier molecular flexibility index (Phi) is 4.90. The Morgan fingerprint density at radius 1 is 1.19 bits per heavy atom. The molecule has 5 heteroatoms. The minimum absolute atomic E-state index is 0.101. The Hall–Kier alpha value is -2.40. The fourth-order valence-corrected chi connectivity index (χ4v) is 2.10. The molecule has 4 nitrogen and oxygen atoms in total. The molecule has 2 aromatic carbocycles. The average Bonchev–Trinajstić information content (AvgIpc) is 2.49. The Bertz CT molecular complexity index is 616. The van der Waals surface area contributed by atoms with Crippen LogP contribution in [0.5, 0.6) is 0 Å². The molecule has 0 saturated heterocycles. The van der Waals surface area contributed by atoms with Gasteiger partial charge in [0.1, 0.15) is 5.82 Å². The number of primary amides is 1. The molecule has 2 rings (SSSR count). The van der Waals surface area contributed by atoms with Crippen LogP contribution < -0.4 is 16.8 Å². The number of nitrogens with one attached hydrogen (secondary N) is 1. The minimum atomic E-state index is -0.663. The zero-order valence-corrected chi connectivity index (χ0v) is 11.6. The van der Waals surface area contributed by atoms with Gasteiger partial charge in [-0.05, 0) is 30.2 Å². The van der Waals surface area contributed by atoms with Crippen molar-refractivity contribution in [2.75, 3.05) is 11.9 Å². The molecule has 0 bridgehead atoms. The van der Waals surface area contributed by atoms with Crippen molar-refractivity contribution in [2.45, 2.75) is 12.5 Å². The second-order valence-corrected chi connectivity index (χ2v) is 4.79. The summed E-state index contributed by atoms with van der Waals surface area (Å²) in [5.74, 6) is -1.15. The van der Waals surface area contributed by atoms with E-state index in [4.69, 9.17) is 11.5 Å². The molecule has 110 valence electrons. The Morgan fingerprint density at radius 2 is 1.90 bits per heavy atom. The van der Waals surface area contributed by atoms with Crippen molar-refractivity contribution in [3.63, 3.8) is 0 Å². The zero-order valence-electron chi connectivity index (χ0n) is 11.6. The van der Waals surface area contributed by atoms with E-state index >= 15 is 0 Å². The number of rotatable bonds is 6. The Balaban J connectivity index is 1.96. The van der Waals surface area contributed by atoms with E-state index in [2.05, 4.69) is 5.32 Å². The first-order chi connectivity index (χ1) is 10.1. The van der Waals surface area contributed by atoms with Crippen molar-refractivity contribution in [3.8, 4) is 0 Å². The summed E-state index contributed by atoms with van der Waals surface area (Å²) >= 11 is 0. The first-order valence-electron chi connectivity index (χ1n) is 6.71. The van der Waals surface area contributed by atoms with Gasteiger partial charge in [-0.1, -0.05) is 30.3 Å². The van der Waals surface area contributed by atoms with Gasteiger partial charge in [0.05, 0.1) is 5.56 Å². The molecule has 0 heterocycles. The van der Waals surface area contributed by atoms with E-state index < -0.39 is 11.7 Å². The number of hydrogen-bond donors (Lipinski definition) is 3. The van der Waals surface area contributed by atoms with Crippen LogP contribution >= 0.6 is 0 Å². The van der Waals surface area contributed by atoms with Gasteiger partial charge in [-0.25, -0.2) is 4.39 Å². The fraction of sp³-hybridized carbons (Fsp3) is 0.188. The lowest BCUT2D eigenvalue weighted by atomic mass is 10.0. The van der Waals surface area contributed by atoms with Crippen LogP contribution in [0.15, 0.2) is 48.5 Å². The molecule has 0 aliphatic heterocycles. The number of hydrogen-bond acceptors (Lipinski definition) is 3. The van der Waals surface area contributed by atoms with Gasteiger partial charge in [0, 0.05) is 18.3 Å². The number of benzene rings is 2. The van der Waals surface area contributed by atoms with Crippen LogP contribution in [0.25, 0.3) is 0 Å². The van der Waals surface area contributed by atoms with E-state index in [-0.39, 0.29) is 11.6 Å². The highest BCUT2D eigenvalue weighted by atomic mass is 19.1. The van der Waals surface area contributed by atoms with Crippen molar-refractivity contribution in [1.29, 1.82) is 0 Å². The van der Waals surface area contributed by atoms with Crippen LogP contribution in [0.2, 0.25) is 0 Å². The molecule has 21 heavy (non-hydrogen) atoms. The Labute approximate surface area is 123 Å². The summed E-state index contributed by atoms with van der Waals surface area (Å²) in [5.41, 5.74) is 13.0. The third-order valence-corrected chi connectivity index (χ3v) is 3.25. The summed E-state index contributed by atoms with van der Waals surface area (Å²) in [4.78, 5) is 11.3. The van der Waals surface area contributed by atoms with Crippen molar-refractivity contribution in [1.82, 2.24) is 0 Å². The van der Waals surface area contributed by atoms with Gasteiger partial charge in [0.15, 0.2) is 0 Å². The van der Waals surface area contributed by atoms with E-state index in [0.717, 1.165) is 11.6 Å². The maximum atomic E-state index is 13.1. The van der Waals surface area contributed by atoms with Gasteiger partial charge in [0.2, 0.25) is 0 Å². The smallest absolute Gasteiger partial charge is 0.250 e. The van der Waals surface area contributed by atoms with Crippen LogP contribution in [0.4, 0.5) is 10.1 Å². The molecule has 0 saturated carbocycles. The molecule has 2 aromatic rings. The van der Waals surface area contributed by atoms with Crippen molar-refractivity contribution in [3.05, 3.63) is 65.5 Å². The first-order valence-corrected chi connectivity index (χ1v) is 6.71. The lowest BCUT2D eigenvalue weighted by Crippen LogP contribution is -2.18. The molecular weight excluding hydrogens is 269 g/mol. The lowest BCUT2D eigenvalue weighted by molar-refractivity contribution is 0.100. The fourth-order valence-electron chi connectivity index (χ4n) is 2.10. The largest absolute Gasteiger partial charge is 0.384 e. The number of halogens is 1. The maximum Gasteiger partial charge on any atom is 0.250 e. The van der Waals surface area contributed by atoms with E-state index in [9.17, 15) is 9.18 Å². The van der Waals surface area contributed by atoms with E-state index in [1.165, 1.54) is 12.1 Å². The van der Waals surface area contributed by atoms with E-state index in [1.807, 2.05) is 30.3 Å². The average molecular weight is 287 g/mol. The van der Waals surface area contributed by atoms with Crippen LogP contribution in [0.1, 0.15) is 28.4 Å². The van der Waals surface area contributed by atoms with Crippen LogP contribution in [-0.4, -0.2) is 12.5 Å². The number of amides is 1. The van der Waals surface area contributed by atoms with Gasteiger partial charge >= 0.3 is 0 Å². The highest BCUT2D eigenvalue weighted by Crippen LogP contribution is 2.18. The summed E-state index contributed by atoms with van der Waals surface area (Å²) in [5, 5.41) is 3.07. The highest BCUT2D eigenvalue weighted by molar-refractivity contribution is 5.98. The number of anilines is 1. The molecule has 0 radical (unpaired) electrons. The van der Waals surface area contributed by atoms with Crippen molar-refractivity contribution < 1.29 is 9.18 Å². The predicted octanol–water partition coefficient (Wildman–Crippen LogP) is 2.43. The summed E-state index contributed by atoms with van der Waals surface area (Å²) in [6, 6.07) is 13.6. The summed E-state index contributed by atoms with van der Waals surface area (Å²) in [6.45, 7) is 0.558.